The van der Waals surface area contributed by atoms with Crippen molar-refractivity contribution in [3.63, 3.8) is 0 Å². The molecule has 1 aromatic heterocycles. The summed E-state index contributed by atoms with van der Waals surface area (Å²) in [5, 5.41) is 11.5. The molecule has 0 atom stereocenters. The molecule has 0 fully saturated rings. The summed E-state index contributed by atoms with van der Waals surface area (Å²) >= 11 is 0. The highest BCUT2D eigenvalue weighted by Crippen LogP contribution is 2.31. The molecule has 0 N–H and O–H groups in total. The van der Waals surface area contributed by atoms with Crippen LogP contribution in [0.2, 0.25) is 0 Å². The van der Waals surface area contributed by atoms with E-state index in [0.29, 0.717) is 0 Å². The summed E-state index contributed by atoms with van der Waals surface area (Å²) < 4.78 is 2.16. The van der Waals surface area contributed by atoms with Crippen LogP contribution in [0.3, 0.4) is 0 Å². The summed E-state index contributed by atoms with van der Waals surface area (Å²) in [6, 6.07) is 35.2. The molecule has 0 saturated carbocycles. The molecule has 0 aliphatic rings. The average Bonchev–Trinajstić information content (AvgIpc) is 3.19. The van der Waals surface area contributed by atoms with Crippen LogP contribution >= 0.6 is 0 Å². The molecule has 0 aliphatic heterocycles. The lowest BCUT2D eigenvalue weighted by molar-refractivity contribution is 1.08. The molecule has 5 rings (SSSR count). The van der Waals surface area contributed by atoms with Crippen LogP contribution in [0.4, 0.5) is 0 Å². The summed E-state index contributed by atoms with van der Waals surface area (Å²) in [6.45, 7) is 0. The van der Waals surface area contributed by atoms with Crippen LogP contribution in [-0.4, -0.2) is 14.8 Å². The molecule has 0 unspecified atom stereocenters. The standard InChI is InChI=1S/C24H17N3/c1-3-11-19(12-4-1)23-25-26-24(20-13-5-2-6-14-20)27(23)22-17-9-15-18-10-7-8-16-21(18)22/h1-17H. The maximum atomic E-state index is 4.56. The summed E-state index contributed by atoms with van der Waals surface area (Å²) in [4.78, 5) is 0. The molecular formula is C24H17N3. The minimum absolute atomic E-state index is 0.839. The molecule has 3 nitrogen and oxygen atoms in total. The number of aromatic nitrogens is 3. The Bertz CT molecular complexity index is 1150. The van der Waals surface area contributed by atoms with Gasteiger partial charge >= 0.3 is 0 Å². The number of hydrogen-bond donors (Lipinski definition) is 0. The molecule has 27 heavy (non-hydrogen) atoms. The van der Waals surface area contributed by atoms with Gasteiger partial charge in [0.1, 0.15) is 0 Å². The number of hydrogen-bond acceptors (Lipinski definition) is 2. The van der Waals surface area contributed by atoms with Gasteiger partial charge < -0.3 is 0 Å². The summed E-state index contributed by atoms with van der Waals surface area (Å²) in [6.07, 6.45) is 0. The zero-order chi connectivity index (χ0) is 18.1. The maximum absolute atomic E-state index is 4.56. The molecule has 0 saturated heterocycles. The van der Waals surface area contributed by atoms with Gasteiger partial charge in [0.2, 0.25) is 0 Å². The van der Waals surface area contributed by atoms with Crippen LogP contribution in [0.15, 0.2) is 103 Å². The number of rotatable bonds is 3. The monoisotopic (exact) mass is 347 g/mol. The Morgan fingerprint density at radius 2 is 1.00 bits per heavy atom. The number of nitrogens with zero attached hydrogens (tertiary/aromatic N) is 3. The fourth-order valence-corrected chi connectivity index (χ4v) is 3.46. The Morgan fingerprint density at radius 3 is 1.63 bits per heavy atom. The summed E-state index contributed by atoms with van der Waals surface area (Å²) in [5.74, 6) is 1.68. The lowest BCUT2D eigenvalue weighted by Crippen LogP contribution is -2.01. The van der Waals surface area contributed by atoms with Crippen LogP contribution in [-0.2, 0) is 0 Å². The van der Waals surface area contributed by atoms with Crippen molar-refractivity contribution in [2.75, 3.05) is 0 Å². The Balaban J connectivity index is 1.85. The third-order valence-electron chi connectivity index (χ3n) is 4.73. The van der Waals surface area contributed by atoms with E-state index in [1.54, 1.807) is 0 Å². The minimum Gasteiger partial charge on any atom is -0.274 e. The van der Waals surface area contributed by atoms with E-state index in [1.165, 1.54) is 10.8 Å². The predicted molar refractivity (Wildman–Crippen MR) is 110 cm³/mol. The fourth-order valence-electron chi connectivity index (χ4n) is 3.46. The lowest BCUT2D eigenvalue weighted by Gasteiger charge is -2.13. The molecule has 0 spiro atoms. The molecule has 128 valence electrons. The molecule has 5 aromatic rings. The van der Waals surface area contributed by atoms with E-state index < -0.39 is 0 Å². The zero-order valence-corrected chi connectivity index (χ0v) is 14.7. The second-order valence-electron chi connectivity index (χ2n) is 6.41. The highest BCUT2D eigenvalue weighted by molar-refractivity contribution is 5.91. The van der Waals surface area contributed by atoms with Gasteiger partial charge in [-0.1, -0.05) is 97.1 Å². The number of fused-ring (bicyclic) bond motifs is 1. The van der Waals surface area contributed by atoms with E-state index in [0.717, 1.165) is 28.5 Å². The van der Waals surface area contributed by atoms with Crippen molar-refractivity contribution in [2.45, 2.75) is 0 Å². The fraction of sp³-hybridized carbons (Fsp3) is 0. The van der Waals surface area contributed by atoms with Crippen LogP contribution < -0.4 is 0 Å². The molecular weight excluding hydrogens is 330 g/mol. The van der Waals surface area contributed by atoms with Crippen molar-refractivity contribution >= 4 is 10.8 Å². The van der Waals surface area contributed by atoms with Gasteiger partial charge in [0.25, 0.3) is 0 Å². The lowest BCUT2D eigenvalue weighted by atomic mass is 10.1. The second-order valence-corrected chi connectivity index (χ2v) is 6.41. The molecule has 0 bridgehead atoms. The molecule has 4 aromatic carbocycles. The zero-order valence-electron chi connectivity index (χ0n) is 14.7. The van der Waals surface area contributed by atoms with E-state index >= 15 is 0 Å². The normalized spacial score (nSPS) is 11.0. The highest BCUT2D eigenvalue weighted by atomic mass is 15.3. The Morgan fingerprint density at radius 1 is 0.481 bits per heavy atom. The van der Waals surface area contributed by atoms with Gasteiger partial charge in [-0.3, -0.25) is 4.57 Å². The SMILES string of the molecule is c1ccc(-c2nnc(-c3ccccc3)n2-c2cccc3ccccc23)cc1. The van der Waals surface area contributed by atoms with E-state index in [4.69, 9.17) is 0 Å². The first-order valence-corrected chi connectivity index (χ1v) is 8.96. The van der Waals surface area contributed by atoms with Crippen molar-refractivity contribution in [1.82, 2.24) is 14.8 Å². The first-order chi connectivity index (χ1) is 13.4. The first-order valence-electron chi connectivity index (χ1n) is 8.96. The van der Waals surface area contributed by atoms with E-state index in [-0.39, 0.29) is 0 Å². The third kappa shape index (κ3) is 2.70. The van der Waals surface area contributed by atoms with Gasteiger partial charge in [0.15, 0.2) is 11.6 Å². The Kier molecular flexibility index (Phi) is 3.76. The Labute approximate surface area is 157 Å². The van der Waals surface area contributed by atoms with Gasteiger partial charge in [0, 0.05) is 16.5 Å². The van der Waals surface area contributed by atoms with Gasteiger partial charge in [0.05, 0.1) is 5.69 Å². The maximum Gasteiger partial charge on any atom is 0.168 e. The smallest absolute Gasteiger partial charge is 0.168 e. The van der Waals surface area contributed by atoms with Crippen molar-refractivity contribution < 1.29 is 0 Å². The van der Waals surface area contributed by atoms with Crippen LogP contribution in [0.1, 0.15) is 0 Å². The van der Waals surface area contributed by atoms with Gasteiger partial charge in [-0.25, -0.2) is 0 Å². The highest BCUT2D eigenvalue weighted by Gasteiger charge is 2.18. The topological polar surface area (TPSA) is 30.7 Å². The van der Waals surface area contributed by atoms with Crippen LogP contribution in [0.5, 0.6) is 0 Å². The second kappa shape index (κ2) is 6.54. The van der Waals surface area contributed by atoms with Crippen LogP contribution in [0.25, 0.3) is 39.2 Å². The predicted octanol–water partition coefficient (Wildman–Crippen LogP) is 5.75. The van der Waals surface area contributed by atoms with E-state index in [9.17, 15) is 0 Å². The Hall–Kier alpha value is -3.72. The van der Waals surface area contributed by atoms with E-state index in [2.05, 4.69) is 81.5 Å². The quantitative estimate of drug-likeness (QED) is 0.416. The van der Waals surface area contributed by atoms with Gasteiger partial charge in [-0.15, -0.1) is 10.2 Å². The molecule has 1 heterocycles. The minimum atomic E-state index is 0.839. The van der Waals surface area contributed by atoms with Crippen molar-refractivity contribution in [3.05, 3.63) is 103 Å². The van der Waals surface area contributed by atoms with Crippen molar-refractivity contribution in [2.24, 2.45) is 0 Å². The van der Waals surface area contributed by atoms with Crippen molar-refractivity contribution in [1.29, 1.82) is 0 Å². The summed E-state index contributed by atoms with van der Waals surface area (Å²) in [5.41, 5.74) is 3.16. The molecule has 0 amide bonds. The van der Waals surface area contributed by atoms with Crippen LogP contribution in [0, 0.1) is 0 Å². The summed E-state index contributed by atoms with van der Waals surface area (Å²) in [7, 11) is 0. The molecule has 0 aliphatic carbocycles. The van der Waals surface area contributed by atoms with Crippen molar-refractivity contribution in [3.8, 4) is 28.5 Å². The molecule has 0 radical (unpaired) electrons. The third-order valence-corrected chi connectivity index (χ3v) is 4.73. The largest absolute Gasteiger partial charge is 0.274 e. The molecule has 3 heteroatoms. The van der Waals surface area contributed by atoms with Gasteiger partial charge in [-0.05, 0) is 11.5 Å². The van der Waals surface area contributed by atoms with Gasteiger partial charge in [-0.2, -0.15) is 0 Å². The van der Waals surface area contributed by atoms with E-state index in [1.807, 2.05) is 36.4 Å². The first kappa shape index (κ1) is 15.5. The average molecular weight is 347 g/mol. The number of benzene rings is 4.